The first kappa shape index (κ1) is 9.73. The molecular weight excluding hydrogens is 165 g/mol. The van der Waals surface area contributed by atoms with Crippen molar-refractivity contribution in [2.45, 2.75) is 26.2 Å². The number of benzene rings is 1. The molecule has 0 radical (unpaired) electrons. The number of hydrogen-bond acceptors (Lipinski definition) is 1. The summed E-state index contributed by atoms with van der Waals surface area (Å²) >= 11 is 0. The molecule has 0 heterocycles. The van der Waals surface area contributed by atoms with Crippen LogP contribution in [0, 0.1) is 17.1 Å². The van der Waals surface area contributed by atoms with Gasteiger partial charge in [0.05, 0.1) is 5.56 Å². The van der Waals surface area contributed by atoms with Gasteiger partial charge in [0.1, 0.15) is 11.9 Å². The van der Waals surface area contributed by atoms with Crippen LogP contribution in [-0.2, 0) is 6.42 Å². The Morgan fingerprint density at radius 1 is 1.46 bits per heavy atom. The Hall–Kier alpha value is -1.36. The van der Waals surface area contributed by atoms with Crippen molar-refractivity contribution in [2.24, 2.45) is 0 Å². The van der Waals surface area contributed by atoms with Crippen LogP contribution in [0.2, 0.25) is 0 Å². The van der Waals surface area contributed by atoms with Gasteiger partial charge in [-0.3, -0.25) is 0 Å². The minimum Gasteiger partial charge on any atom is -0.206 e. The molecule has 0 fully saturated rings. The smallest absolute Gasteiger partial charge is 0.140 e. The van der Waals surface area contributed by atoms with Gasteiger partial charge < -0.3 is 0 Å². The summed E-state index contributed by atoms with van der Waals surface area (Å²) in [5.74, 6) is -0.428. The first-order valence-electron chi connectivity index (χ1n) is 4.46. The standard InChI is InChI=1S/C11H12FN/c1-2-3-4-9-5-6-11(12)10(7-9)8-13/h5-7H,2-4H2,1H3. The van der Waals surface area contributed by atoms with Crippen LogP contribution >= 0.6 is 0 Å². The molecule has 0 bridgehead atoms. The maximum Gasteiger partial charge on any atom is 0.140 e. The predicted molar refractivity (Wildman–Crippen MR) is 49.7 cm³/mol. The SMILES string of the molecule is CCCCc1ccc(F)c(C#N)c1. The zero-order valence-electron chi connectivity index (χ0n) is 7.68. The van der Waals surface area contributed by atoms with Gasteiger partial charge in [-0.25, -0.2) is 4.39 Å². The molecule has 0 amide bonds. The Morgan fingerprint density at radius 3 is 2.85 bits per heavy atom. The fourth-order valence-corrected chi connectivity index (χ4v) is 1.19. The first-order valence-corrected chi connectivity index (χ1v) is 4.46. The van der Waals surface area contributed by atoms with E-state index in [0.717, 1.165) is 24.8 Å². The van der Waals surface area contributed by atoms with E-state index < -0.39 is 5.82 Å². The highest BCUT2D eigenvalue weighted by atomic mass is 19.1. The Morgan fingerprint density at radius 2 is 2.23 bits per heavy atom. The lowest BCUT2D eigenvalue weighted by Gasteiger charge is -2.00. The molecule has 2 heteroatoms. The molecule has 13 heavy (non-hydrogen) atoms. The van der Waals surface area contributed by atoms with Crippen molar-refractivity contribution in [3.05, 3.63) is 35.1 Å². The summed E-state index contributed by atoms with van der Waals surface area (Å²) in [7, 11) is 0. The van der Waals surface area contributed by atoms with E-state index in [-0.39, 0.29) is 5.56 Å². The van der Waals surface area contributed by atoms with Crippen LogP contribution in [0.25, 0.3) is 0 Å². The van der Waals surface area contributed by atoms with Crippen LogP contribution in [0.5, 0.6) is 0 Å². The molecule has 1 aromatic carbocycles. The van der Waals surface area contributed by atoms with Gasteiger partial charge in [-0.05, 0) is 30.5 Å². The lowest BCUT2D eigenvalue weighted by molar-refractivity contribution is 0.622. The second-order valence-electron chi connectivity index (χ2n) is 3.03. The normalized spacial score (nSPS) is 9.62. The number of rotatable bonds is 3. The fraction of sp³-hybridized carbons (Fsp3) is 0.364. The van der Waals surface area contributed by atoms with Crippen molar-refractivity contribution in [3.63, 3.8) is 0 Å². The van der Waals surface area contributed by atoms with Crippen molar-refractivity contribution in [3.8, 4) is 6.07 Å². The summed E-state index contributed by atoms with van der Waals surface area (Å²) in [4.78, 5) is 0. The van der Waals surface area contributed by atoms with Gasteiger partial charge in [-0.1, -0.05) is 19.4 Å². The molecular formula is C11H12FN. The average molecular weight is 177 g/mol. The first-order chi connectivity index (χ1) is 6.27. The summed E-state index contributed by atoms with van der Waals surface area (Å²) in [5, 5.41) is 8.58. The molecule has 1 aromatic rings. The third kappa shape index (κ3) is 2.55. The monoisotopic (exact) mass is 177 g/mol. The second kappa shape index (κ2) is 4.61. The van der Waals surface area contributed by atoms with Crippen molar-refractivity contribution in [1.82, 2.24) is 0 Å². The van der Waals surface area contributed by atoms with Gasteiger partial charge in [0.15, 0.2) is 0 Å². The maximum atomic E-state index is 12.9. The maximum absolute atomic E-state index is 12.9. The van der Waals surface area contributed by atoms with E-state index >= 15 is 0 Å². The quantitative estimate of drug-likeness (QED) is 0.696. The molecule has 0 saturated heterocycles. The molecule has 0 unspecified atom stereocenters. The molecule has 0 saturated carbocycles. The Kier molecular flexibility index (Phi) is 3.45. The highest BCUT2D eigenvalue weighted by Gasteiger charge is 2.01. The lowest BCUT2D eigenvalue weighted by atomic mass is 10.1. The third-order valence-corrected chi connectivity index (χ3v) is 1.97. The topological polar surface area (TPSA) is 23.8 Å². The van der Waals surface area contributed by atoms with Crippen LogP contribution < -0.4 is 0 Å². The largest absolute Gasteiger partial charge is 0.206 e. The molecule has 1 nitrogen and oxygen atoms in total. The lowest BCUT2D eigenvalue weighted by Crippen LogP contribution is -1.89. The summed E-state index contributed by atoms with van der Waals surface area (Å²) in [6, 6.07) is 6.57. The Balaban J connectivity index is 2.82. The summed E-state index contributed by atoms with van der Waals surface area (Å²) in [5.41, 5.74) is 1.19. The Labute approximate surface area is 77.8 Å². The Bertz CT molecular complexity index is 325. The average Bonchev–Trinajstić information content (AvgIpc) is 2.16. The minimum atomic E-state index is -0.428. The van der Waals surface area contributed by atoms with Gasteiger partial charge in [0.2, 0.25) is 0 Å². The van der Waals surface area contributed by atoms with E-state index in [1.54, 1.807) is 12.1 Å². The molecule has 0 N–H and O–H groups in total. The predicted octanol–water partition coefficient (Wildman–Crippen LogP) is 3.04. The van der Waals surface area contributed by atoms with E-state index in [1.807, 2.05) is 6.07 Å². The molecule has 0 atom stereocenters. The fourth-order valence-electron chi connectivity index (χ4n) is 1.19. The summed E-state index contributed by atoms with van der Waals surface area (Å²) in [6.45, 7) is 2.11. The third-order valence-electron chi connectivity index (χ3n) is 1.97. The highest BCUT2D eigenvalue weighted by Crippen LogP contribution is 2.11. The number of aryl methyl sites for hydroxylation is 1. The number of nitriles is 1. The van der Waals surface area contributed by atoms with E-state index in [1.165, 1.54) is 6.07 Å². The zero-order chi connectivity index (χ0) is 9.68. The summed E-state index contributed by atoms with van der Waals surface area (Å²) < 4.78 is 12.9. The van der Waals surface area contributed by atoms with Gasteiger partial charge in [0.25, 0.3) is 0 Å². The molecule has 1 rings (SSSR count). The van der Waals surface area contributed by atoms with Gasteiger partial charge in [-0.2, -0.15) is 5.26 Å². The highest BCUT2D eigenvalue weighted by molar-refractivity contribution is 5.34. The van der Waals surface area contributed by atoms with E-state index in [4.69, 9.17) is 5.26 Å². The van der Waals surface area contributed by atoms with Crippen molar-refractivity contribution >= 4 is 0 Å². The molecule has 0 spiro atoms. The minimum absolute atomic E-state index is 0.147. The molecule has 0 aliphatic rings. The van der Waals surface area contributed by atoms with Crippen molar-refractivity contribution in [2.75, 3.05) is 0 Å². The van der Waals surface area contributed by atoms with Gasteiger partial charge >= 0.3 is 0 Å². The number of nitrogens with zero attached hydrogens (tertiary/aromatic N) is 1. The molecule has 68 valence electrons. The van der Waals surface area contributed by atoms with Crippen molar-refractivity contribution in [1.29, 1.82) is 5.26 Å². The van der Waals surface area contributed by atoms with Crippen LogP contribution in [0.3, 0.4) is 0 Å². The molecule has 0 aliphatic heterocycles. The van der Waals surface area contributed by atoms with E-state index in [2.05, 4.69) is 6.92 Å². The number of halogens is 1. The molecule has 0 aliphatic carbocycles. The van der Waals surface area contributed by atoms with Crippen LogP contribution in [0.1, 0.15) is 30.9 Å². The summed E-state index contributed by atoms with van der Waals surface area (Å²) in [6.07, 6.45) is 3.11. The van der Waals surface area contributed by atoms with Crippen molar-refractivity contribution < 1.29 is 4.39 Å². The van der Waals surface area contributed by atoms with Crippen LogP contribution in [-0.4, -0.2) is 0 Å². The van der Waals surface area contributed by atoms with Gasteiger partial charge in [-0.15, -0.1) is 0 Å². The zero-order valence-corrected chi connectivity index (χ0v) is 7.68. The number of unbranched alkanes of at least 4 members (excludes halogenated alkanes) is 1. The molecule has 0 aromatic heterocycles. The van der Waals surface area contributed by atoms with E-state index in [9.17, 15) is 4.39 Å². The van der Waals surface area contributed by atoms with Crippen LogP contribution in [0.4, 0.5) is 4.39 Å². The van der Waals surface area contributed by atoms with Gasteiger partial charge in [0, 0.05) is 0 Å². The number of hydrogen-bond donors (Lipinski definition) is 0. The van der Waals surface area contributed by atoms with E-state index in [0.29, 0.717) is 0 Å². The van der Waals surface area contributed by atoms with Crippen LogP contribution in [0.15, 0.2) is 18.2 Å². The second-order valence-corrected chi connectivity index (χ2v) is 3.03.